The van der Waals surface area contributed by atoms with Crippen LogP contribution in [0.5, 0.6) is 0 Å². The highest BCUT2D eigenvalue weighted by Gasteiger charge is 2.18. The molecular weight excluding hydrogens is 488 g/mol. The van der Waals surface area contributed by atoms with Crippen LogP contribution in [-0.4, -0.2) is 72.4 Å². The number of anilines is 1. The van der Waals surface area contributed by atoms with Crippen LogP contribution in [0.3, 0.4) is 0 Å². The number of carbonyl (C=O) groups is 1. The first-order chi connectivity index (χ1) is 17.9. The van der Waals surface area contributed by atoms with Crippen LogP contribution in [0.4, 0.5) is 5.69 Å². The second-order valence-corrected chi connectivity index (χ2v) is 9.68. The molecule has 0 unspecified atom stereocenters. The monoisotopic (exact) mass is 522 g/mol. The lowest BCUT2D eigenvalue weighted by molar-refractivity contribution is 0.0367. The Morgan fingerprint density at radius 1 is 1.19 bits per heavy atom. The number of hydrogen-bond donors (Lipinski definition) is 2. The number of H-pyrrole nitrogens is 1. The second kappa shape index (κ2) is 12.3. The molecule has 4 rings (SSSR count). The standard InChI is InChI=1S/C28H34N4O4S/c1-19-9-10-21-17-22(26(33)30-25(21)20(19)2)18-32(12-6-11-31-13-15-36-16-14-31)28(37)29-24-8-5-4-7-23(24)27(34)35-3/h4-5,7-10,17H,6,11-16,18H2,1-3H3,(H,29,37)(H,30,33). The molecule has 1 saturated heterocycles. The number of ether oxygens (including phenoxy) is 2. The van der Waals surface area contributed by atoms with Crippen LogP contribution in [-0.2, 0) is 16.0 Å². The van der Waals surface area contributed by atoms with Gasteiger partial charge in [-0.1, -0.05) is 24.3 Å². The van der Waals surface area contributed by atoms with Gasteiger partial charge in [0, 0.05) is 31.7 Å². The molecule has 1 fully saturated rings. The lowest BCUT2D eigenvalue weighted by Gasteiger charge is -2.29. The molecule has 2 heterocycles. The van der Waals surface area contributed by atoms with Crippen molar-refractivity contribution < 1.29 is 14.3 Å². The Kier molecular flexibility index (Phi) is 8.91. The number of hydrogen-bond acceptors (Lipinski definition) is 6. The second-order valence-electron chi connectivity index (χ2n) is 9.29. The first-order valence-corrected chi connectivity index (χ1v) is 12.9. The summed E-state index contributed by atoms with van der Waals surface area (Å²) < 4.78 is 10.4. The number of aromatic amines is 1. The molecule has 2 aromatic carbocycles. The largest absolute Gasteiger partial charge is 0.465 e. The molecule has 0 spiro atoms. The summed E-state index contributed by atoms with van der Waals surface area (Å²) in [4.78, 5) is 32.8. The Labute approximate surface area is 222 Å². The van der Waals surface area contributed by atoms with Crippen LogP contribution in [0.2, 0.25) is 0 Å². The fourth-order valence-corrected chi connectivity index (χ4v) is 4.80. The van der Waals surface area contributed by atoms with Gasteiger partial charge in [0.25, 0.3) is 5.56 Å². The zero-order valence-electron chi connectivity index (χ0n) is 21.6. The van der Waals surface area contributed by atoms with E-state index in [0.717, 1.165) is 61.3 Å². The molecule has 9 heteroatoms. The van der Waals surface area contributed by atoms with Crippen molar-refractivity contribution in [1.29, 1.82) is 0 Å². The molecule has 0 bridgehead atoms. The smallest absolute Gasteiger partial charge is 0.339 e. The third kappa shape index (κ3) is 6.54. The fourth-order valence-electron chi connectivity index (χ4n) is 4.53. The summed E-state index contributed by atoms with van der Waals surface area (Å²) in [7, 11) is 1.35. The predicted octanol–water partition coefficient (Wildman–Crippen LogP) is 3.85. The van der Waals surface area contributed by atoms with Gasteiger partial charge in [0.1, 0.15) is 0 Å². The number of carbonyl (C=O) groups excluding carboxylic acids is 1. The number of aromatic nitrogens is 1. The molecule has 3 aromatic rings. The van der Waals surface area contributed by atoms with E-state index in [9.17, 15) is 9.59 Å². The number of para-hydroxylation sites is 1. The number of pyridine rings is 1. The van der Waals surface area contributed by atoms with E-state index in [0.29, 0.717) is 35.0 Å². The van der Waals surface area contributed by atoms with Gasteiger partial charge in [-0.3, -0.25) is 9.69 Å². The topological polar surface area (TPSA) is 86.9 Å². The normalized spacial score (nSPS) is 13.9. The van der Waals surface area contributed by atoms with E-state index in [4.69, 9.17) is 21.7 Å². The molecule has 0 saturated carbocycles. The number of benzene rings is 2. The van der Waals surface area contributed by atoms with Crippen LogP contribution in [0.1, 0.15) is 33.5 Å². The number of aryl methyl sites for hydroxylation is 2. The average molecular weight is 523 g/mol. The van der Waals surface area contributed by atoms with Crippen LogP contribution >= 0.6 is 12.2 Å². The minimum Gasteiger partial charge on any atom is -0.465 e. The molecule has 0 atom stereocenters. The molecule has 196 valence electrons. The molecule has 2 N–H and O–H groups in total. The highest BCUT2D eigenvalue weighted by Crippen LogP contribution is 2.21. The Morgan fingerprint density at radius 2 is 1.95 bits per heavy atom. The minimum absolute atomic E-state index is 0.128. The first kappa shape index (κ1) is 26.8. The van der Waals surface area contributed by atoms with Gasteiger partial charge in [-0.25, -0.2) is 4.79 Å². The molecule has 37 heavy (non-hydrogen) atoms. The maximum atomic E-state index is 13.1. The zero-order chi connectivity index (χ0) is 26.4. The van der Waals surface area contributed by atoms with Gasteiger partial charge >= 0.3 is 5.97 Å². The lowest BCUT2D eigenvalue weighted by Crippen LogP contribution is -2.40. The van der Waals surface area contributed by atoms with E-state index in [2.05, 4.69) is 21.3 Å². The van der Waals surface area contributed by atoms with Crippen molar-refractivity contribution >= 4 is 39.9 Å². The summed E-state index contributed by atoms with van der Waals surface area (Å²) in [5.41, 5.74) is 4.53. The Hall–Kier alpha value is -3.27. The average Bonchev–Trinajstić information content (AvgIpc) is 2.91. The minimum atomic E-state index is -0.443. The van der Waals surface area contributed by atoms with E-state index < -0.39 is 5.97 Å². The third-order valence-corrected chi connectivity index (χ3v) is 7.22. The summed E-state index contributed by atoms with van der Waals surface area (Å²) in [5.74, 6) is -0.443. The molecule has 0 radical (unpaired) electrons. The van der Waals surface area contributed by atoms with Gasteiger partial charge in [0.05, 0.1) is 43.6 Å². The first-order valence-electron chi connectivity index (χ1n) is 12.5. The van der Waals surface area contributed by atoms with Crippen LogP contribution in [0, 0.1) is 13.8 Å². The van der Waals surface area contributed by atoms with Gasteiger partial charge in [-0.2, -0.15) is 0 Å². The Morgan fingerprint density at radius 3 is 2.70 bits per heavy atom. The highest BCUT2D eigenvalue weighted by molar-refractivity contribution is 7.80. The highest BCUT2D eigenvalue weighted by atomic mass is 32.1. The fraction of sp³-hybridized carbons (Fsp3) is 0.393. The van der Waals surface area contributed by atoms with Crippen molar-refractivity contribution in [2.24, 2.45) is 0 Å². The Balaban J connectivity index is 1.57. The number of morpholine rings is 1. The summed E-state index contributed by atoms with van der Waals surface area (Å²) in [5, 5.41) is 4.65. The van der Waals surface area contributed by atoms with Crippen molar-refractivity contribution in [2.45, 2.75) is 26.8 Å². The molecule has 1 aliphatic rings. The third-order valence-electron chi connectivity index (χ3n) is 6.86. The summed E-state index contributed by atoms with van der Waals surface area (Å²) in [6.45, 7) is 9.28. The van der Waals surface area contributed by atoms with Gasteiger partial charge in [-0.15, -0.1) is 0 Å². The number of nitrogens with one attached hydrogen (secondary N) is 2. The summed E-state index contributed by atoms with van der Waals surface area (Å²) in [6.07, 6.45) is 0.865. The molecule has 0 aliphatic carbocycles. The number of rotatable bonds is 8. The molecule has 8 nitrogen and oxygen atoms in total. The van der Waals surface area contributed by atoms with Crippen LogP contribution in [0.25, 0.3) is 10.9 Å². The van der Waals surface area contributed by atoms with Crippen molar-refractivity contribution in [1.82, 2.24) is 14.8 Å². The quantitative estimate of drug-likeness (QED) is 0.341. The SMILES string of the molecule is COC(=O)c1ccccc1NC(=S)N(CCCN1CCOCC1)Cc1cc2ccc(C)c(C)c2[nH]c1=O. The number of methoxy groups -OCH3 is 1. The number of fused-ring (bicyclic) bond motifs is 1. The van der Waals surface area contributed by atoms with E-state index in [1.807, 2.05) is 36.9 Å². The Bertz CT molecular complexity index is 1330. The van der Waals surface area contributed by atoms with E-state index >= 15 is 0 Å². The molecule has 1 aromatic heterocycles. The number of nitrogens with zero attached hydrogens (tertiary/aromatic N) is 2. The lowest BCUT2D eigenvalue weighted by atomic mass is 10.0. The van der Waals surface area contributed by atoms with Gasteiger partial charge < -0.3 is 24.7 Å². The maximum Gasteiger partial charge on any atom is 0.339 e. The van der Waals surface area contributed by atoms with Crippen molar-refractivity contribution in [3.05, 3.63) is 75.1 Å². The molecule has 0 amide bonds. The van der Waals surface area contributed by atoms with E-state index in [1.54, 1.807) is 18.2 Å². The van der Waals surface area contributed by atoms with Crippen molar-refractivity contribution in [3.8, 4) is 0 Å². The van der Waals surface area contributed by atoms with E-state index in [1.165, 1.54) is 7.11 Å². The van der Waals surface area contributed by atoms with E-state index in [-0.39, 0.29) is 5.56 Å². The summed E-state index contributed by atoms with van der Waals surface area (Å²) >= 11 is 5.80. The number of thiocarbonyl (C=S) groups is 1. The maximum absolute atomic E-state index is 13.1. The molecule has 1 aliphatic heterocycles. The summed E-state index contributed by atoms with van der Waals surface area (Å²) in [6, 6.07) is 13.1. The zero-order valence-corrected chi connectivity index (χ0v) is 22.5. The predicted molar refractivity (Wildman–Crippen MR) is 150 cm³/mol. The molecular formula is C28H34N4O4S. The van der Waals surface area contributed by atoms with Gasteiger partial charge in [0.2, 0.25) is 0 Å². The van der Waals surface area contributed by atoms with Gasteiger partial charge in [-0.05, 0) is 67.2 Å². The number of esters is 1. The van der Waals surface area contributed by atoms with Crippen LogP contribution < -0.4 is 10.9 Å². The van der Waals surface area contributed by atoms with Crippen molar-refractivity contribution in [3.63, 3.8) is 0 Å². The van der Waals surface area contributed by atoms with Gasteiger partial charge in [0.15, 0.2) is 5.11 Å². The van der Waals surface area contributed by atoms with Crippen molar-refractivity contribution in [2.75, 3.05) is 51.8 Å². The van der Waals surface area contributed by atoms with Crippen LogP contribution in [0.15, 0.2) is 47.3 Å².